The van der Waals surface area contributed by atoms with Crippen molar-refractivity contribution < 1.29 is 14.7 Å². The van der Waals surface area contributed by atoms with Crippen LogP contribution in [-0.4, -0.2) is 32.9 Å². The molecule has 2 heterocycles. The van der Waals surface area contributed by atoms with E-state index in [0.717, 1.165) is 10.6 Å². The summed E-state index contributed by atoms with van der Waals surface area (Å²) in [6, 6.07) is 11.8. The molecular weight excluding hydrogens is 336 g/mol. The Morgan fingerprint density at radius 1 is 1.12 bits per heavy atom. The Morgan fingerprint density at radius 2 is 1.88 bits per heavy atom. The zero-order chi connectivity index (χ0) is 18.5. The molecule has 0 atom stereocenters. The number of fused-ring (bicyclic) bond motifs is 1. The topological polar surface area (TPSA) is 113 Å². The van der Waals surface area contributed by atoms with Crippen molar-refractivity contribution in [2.45, 2.75) is 6.42 Å². The predicted octanol–water partition coefficient (Wildman–Crippen LogP) is 1.16. The van der Waals surface area contributed by atoms with Crippen LogP contribution in [0.3, 0.4) is 0 Å². The van der Waals surface area contributed by atoms with Crippen LogP contribution in [0.1, 0.15) is 16.8 Å². The van der Waals surface area contributed by atoms with Crippen molar-refractivity contribution in [2.24, 2.45) is 0 Å². The zero-order valence-electron chi connectivity index (χ0n) is 13.7. The first kappa shape index (κ1) is 17.2. The van der Waals surface area contributed by atoms with Gasteiger partial charge in [0, 0.05) is 31.0 Å². The molecule has 3 N–H and O–H groups in total. The smallest absolute Gasteiger partial charge is 0.270 e. The molecule has 0 aliphatic rings. The first-order chi connectivity index (χ1) is 12.6. The second-order valence-electron chi connectivity index (χ2n) is 5.48. The van der Waals surface area contributed by atoms with E-state index in [1.807, 2.05) is 6.07 Å². The number of benzene rings is 1. The van der Waals surface area contributed by atoms with Gasteiger partial charge in [0.05, 0.1) is 0 Å². The number of amides is 2. The van der Waals surface area contributed by atoms with Gasteiger partial charge in [0.2, 0.25) is 5.91 Å². The Hall–Kier alpha value is -3.68. The number of aromatic hydroxyl groups is 1. The maximum atomic E-state index is 12.3. The number of rotatable bonds is 5. The van der Waals surface area contributed by atoms with E-state index in [1.54, 1.807) is 24.3 Å². The molecule has 0 saturated carbocycles. The molecule has 0 fully saturated rings. The van der Waals surface area contributed by atoms with E-state index in [2.05, 4.69) is 15.6 Å². The molecule has 0 spiro atoms. The Morgan fingerprint density at radius 3 is 2.65 bits per heavy atom. The number of nitrogens with one attached hydrogen (secondary N) is 2. The van der Waals surface area contributed by atoms with Gasteiger partial charge in [-0.3, -0.25) is 18.8 Å². The molecule has 8 heteroatoms. The van der Waals surface area contributed by atoms with Gasteiger partial charge in [0.15, 0.2) is 11.4 Å². The molecule has 26 heavy (non-hydrogen) atoms. The SMILES string of the molecule is O=C(CCNC(=O)c1cnc2c(O)cccn2c1=O)Nc1ccccc1. The first-order valence-electron chi connectivity index (χ1n) is 7.89. The number of aromatic nitrogens is 2. The van der Waals surface area contributed by atoms with E-state index < -0.39 is 11.5 Å². The fourth-order valence-electron chi connectivity index (χ4n) is 2.38. The molecule has 0 bridgehead atoms. The maximum Gasteiger partial charge on any atom is 0.270 e. The molecule has 8 nitrogen and oxygen atoms in total. The highest BCUT2D eigenvalue weighted by atomic mass is 16.3. The molecule has 0 aliphatic carbocycles. The summed E-state index contributed by atoms with van der Waals surface area (Å²) in [5, 5.41) is 14.9. The molecule has 2 amide bonds. The largest absolute Gasteiger partial charge is 0.504 e. The minimum absolute atomic E-state index is 0.0593. The van der Waals surface area contributed by atoms with E-state index in [1.165, 1.54) is 18.3 Å². The average molecular weight is 352 g/mol. The molecule has 2 aromatic heterocycles. The molecule has 0 unspecified atom stereocenters. The third kappa shape index (κ3) is 3.69. The van der Waals surface area contributed by atoms with Gasteiger partial charge in [-0.15, -0.1) is 0 Å². The normalized spacial score (nSPS) is 10.5. The number of pyridine rings is 1. The number of hydrogen-bond acceptors (Lipinski definition) is 5. The van der Waals surface area contributed by atoms with E-state index in [-0.39, 0.29) is 35.8 Å². The standard InChI is InChI=1S/C18H16N4O4/c23-14-7-4-10-22-16(14)20-11-13(18(22)26)17(25)19-9-8-15(24)21-12-5-2-1-3-6-12/h1-7,10-11,23H,8-9H2,(H,19,25)(H,21,24). The Labute approximate surface area is 148 Å². The fourth-order valence-corrected chi connectivity index (χ4v) is 2.38. The number of para-hydroxylation sites is 1. The van der Waals surface area contributed by atoms with E-state index in [0.29, 0.717) is 5.69 Å². The Kier molecular flexibility index (Phi) is 4.93. The van der Waals surface area contributed by atoms with Crippen LogP contribution < -0.4 is 16.2 Å². The molecule has 3 rings (SSSR count). The molecule has 3 aromatic rings. The number of hydrogen-bond donors (Lipinski definition) is 3. The van der Waals surface area contributed by atoms with Gasteiger partial charge in [-0.2, -0.15) is 0 Å². The highest BCUT2D eigenvalue weighted by Crippen LogP contribution is 2.12. The zero-order valence-corrected chi connectivity index (χ0v) is 13.7. The molecule has 1 aromatic carbocycles. The van der Waals surface area contributed by atoms with E-state index in [9.17, 15) is 19.5 Å². The monoisotopic (exact) mass is 352 g/mol. The summed E-state index contributed by atoms with van der Waals surface area (Å²) in [5.41, 5.74) is -0.0365. The van der Waals surface area contributed by atoms with Crippen LogP contribution >= 0.6 is 0 Å². The van der Waals surface area contributed by atoms with Crippen molar-refractivity contribution >= 4 is 23.1 Å². The highest BCUT2D eigenvalue weighted by Gasteiger charge is 2.14. The lowest BCUT2D eigenvalue weighted by Crippen LogP contribution is -2.33. The third-order valence-corrected chi connectivity index (χ3v) is 3.65. The van der Waals surface area contributed by atoms with Crippen LogP contribution in [-0.2, 0) is 4.79 Å². The minimum atomic E-state index is -0.632. The Bertz CT molecular complexity index is 1010. The molecular formula is C18H16N4O4. The summed E-state index contributed by atoms with van der Waals surface area (Å²) in [4.78, 5) is 40.3. The van der Waals surface area contributed by atoms with Crippen molar-refractivity contribution in [3.05, 3.63) is 70.8 Å². The lowest BCUT2D eigenvalue weighted by molar-refractivity contribution is -0.116. The van der Waals surface area contributed by atoms with Crippen LogP contribution in [0.15, 0.2) is 59.7 Å². The van der Waals surface area contributed by atoms with Gasteiger partial charge in [-0.05, 0) is 24.3 Å². The third-order valence-electron chi connectivity index (χ3n) is 3.65. The second kappa shape index (κ2) is 7.47. The summed E-state index contributed by atoms with van der Waals surface area (Å²) in [6.45, 7) is 0.0691. The van der Waals surface area contributed by atoms with Crippen molar-refractivity contribution in [1.82, 2.24) is 14.7 Å². The van der Waals surface area contributed by atoms with Gasteiger partial charge in [0.1, 0.15) is 5.56 Å². The second-order valence-corrected chi connectivity index (χ2v) is 5.48. The summed E-state index contributed by atoms with van der Waals surface area (Å²) in [5.74, 6) is -1.04. The number of nitrogens with zero attached hydrogens (tertiary/aromatic N) is 2. The van der Waals surface area contributed by atoms with Gasteiger partial charge in [-0.1, -0.05) is 18.2 Å². The van der Waals surface area contributed by atoms with Crippen LogP contribution in [0.25, 0.3) is 5.65 Å². The molecule has 0 radical (unpaired) electrons. The van der Waals surface area contributed by atoms with Gasteiger partial charge in [0.25, 0.3) is 11.5 Å². The summed E-state index contributed by atoms with van der Waals surface area (Å²) in [7, 11) is 0. The predicted molar refractivity (Wildman–Crippen MR) is 95.1 cm³/mol. The van der Waals surface area contributed by atoms with Crippen molar-refractivity contribution in [2.75, 3.05) is 11.9 Å². The molecule has 0 aliphatic heterocycles. The van der Waals surface area contributed by atoms with Crippen LogP contribution in [0.4, 0.5) is 5.69 Å². The lowest BCUT2D eigenvalue weighted by Gasteiger charge is -2.07. The van der Waals surface area contributed by atoms with Crippen LogP contribution in [0.2, 0.25) is 0 Å². The summed E-state index contributed by atoms with van der Waals surface area (Å²) < 4.78 is 1.09. The Balaban J connectivity index is 1.62. The molecule has 0 saturated heterocycles. The number of anilines is 1. The minimum Gasteiger partial charge on any atom is -0.504 e. The number of carbonyl (C=O) groups excluding carboxylic acids is 2. The van der Waals surface area contributed by atoms with Crippen LogP contribution in [0.5, 0.6) is 5.75 Å². The van der Waals surface area contributed by atoms with Crippen LogP contribution in [0, 0.1) is 0 Å². The molecule has 132 valence electrons. The van der Waals surface area contributed by atoms with Gasteiger partial charge < -0.3 is 15.7 Å². The summed E-state index contributed by atoms with van der Waals surface area (Å²) >= 11 is 0. The number of carbonyl (C=O) groups is 2. The van der Waals surface area contributed by atoms with Gasteiger partial charge in [-0.25, -0.2) is 4.98 Å². The van der Waals surface area contributed by atoms with E-state index >= 15 is 0 Å². The summed E-state index contributed by atoms with van der Waals surface area (Å²) in [6.07, 6.45) is 2.58. The highest BCUT2D eigenvalue weighted by molar-refractivity contribution is 5.95. The van der Waals surface area contributed by atoms with Gasteiger partial charge >= 0.3 is 0 Å². The lowest BCUT2D eigenvalue weighted by atomic mass is 10.2. The average Bonchev–Trinajstić information content (AvgIpc) is 2.63. The van der Waals surface area contributed by atoms with Crippen molar-refractivity contribution in [3.63, 3.8) is 0 Å². The van der Waals surface area contributed by atoms with E-state index in [4.69, 9.17) is 0 Å². The van der Waals surface area contributed by atoms with Crippen molar-refractivity contribution in [1.29, 1.82) is 0 Å². The quantitative estimate of drug-likeness (QED) is 0.638. The maximum absolute atomic E-state index is 12.3. The first-order valence-corrected chi connectivity index (χ1v) is 7.89. The van der Waals surface area contributed by atoms with Crippen molar-refractivity contribution in [3.8, 4) is 5.75 Å². The fraction of sp³-hybridized carbons (Fsp3) is 0.111.